The third-order valence-corrected chi connectivity index (χ3v) is 1.98. The monoisotopic (exact) mass is 215 g/mol. The van der Waals surface area contributed by atoms with Crippen LogP contribution in [0.1, 0.15) is 6.92 Å². The molecule has 4 heteroatoms. The molecule has 0 amide bonds. The van der Waals surface area contributed by atoms with Crippen molar-refractivity contribution in [1.29, 1.82) is 0 Å². The molecule has 1 N–H and O–H groups in total. The van der Waals surface area contributed by atoms with Crippen molar-refractivity contribution in [2.75, 3.05) is 20.2 Å². The van der Waals surface area contributed by atoms with Gasteiger partial charge in [-0.3, -0.25) is 0 Å². The summed E-state index contributed by atoms with van der Waals surface area (Å²) in [6.45, 7) is 2.98. The molecule has 0 saturated heterocycles. The lowest BCUT2D eigenvalue weighted by Crippen LogP contribution is -2.22. The van der Waals surface area contributed by atoms with E-state index in [4.69, 9.17) is 4.74 Å². The molecule has 1 aromatic rings. The van der Waals surface area contributed by atoms with Crippen LogP contribution < -0.4 is 10.1 Å². The molecule has 0 aliphatic carbocycles. The molecule has 1 atom stereocenters. The number of halogens is 2. The molecule has 0 aliphatic heterocycles. The van der Waals surface area contributed by atoms with Crippen molar-refractivity contribution in [2.45, 2.75) is 6.92 Å². The van der Waals surface area contributed by atoms with Crippen molar-refractivity contribution in [2.24, 2.45) is 5.92 Å². The molecule has 1 aromatic carbocycles. The van der Waals surface area contributed by atoms with E-state index in [1.165, 1.54) is 18.2 Å². The van der Waals surface area contributed by atoms with Crippen molar-refractivity contribution in [1.82, 2.24) is 5.32 Å². The molecule has 15 heavy (non-hydrogen) atoms. The zero-order valence-electron chi connectivity index (χ0n) is 8.89. The summed E-state index contributed by atoms with van der Waals surface area (Å²) >= 11 is 0. The van der Waals surface area contributed by atoms with E-state index in [2.05, 4.69) is 5.32 Å². The lowest BCUT2D eigenvalue weighted by Gasteiger charge is -2.13. The van der Waals surface area contributed by atoms with Gasteiger partial charge in [-0.15, -0.1) is 0 Å². The maximum Gasteiger partial charge on any atom is 0.190 e. The van der Waals surface area contributed by atoms with Crippen LogP contribution in [0.3, 0.4) is 0 Å². The summed E-state index contributed by atoms with van der Waals surface area (Å²) in [7, 11) is 1.82. The highest BCUT2D eigenvalue weighted by Gasteiger charge is 2.10. The van der Waals surface area contributed by atoms with E-state index in [1.54, 1.807) is 0 Å². The van der Waals surface area contributed by atoms with Crippen LogP contribution in [0.15, 0.2) is 18.2 Å². The van der Waals surface area contributed by atoms with Gasteiger partial charge in [0.2, 0.25) is 0 Å². The third-order valence-electron chi connectivity index (χ3n) is 1.98. The Bertz CT molecular complexity index is 297. The standard InChI is InChI=1S/C11H15F2NO/c1-8(6-14-2)7-15-11-9(12)4-3-5-10(11)13/h3-5,8,14H,6-7H2,1-2H3. The van der Waals surface area contributed by atoms with Crippen molar-refractivity contribution >= 4 is 0 Å². The van der Waals surface area contributed by atoms with Crippen molar-refractivity contribution in [3.05, 3.63) is 29.8 Å². The molecule has 2 nitrogen and oxygen atoms in total. The van der Waals surface area contributed by atoms with Gasteiger partial charge in [0.05, 0.1) is 6.61 Å². The molecule has 0 aliphatic rings. The van der Waals surface area contributed by atoms with Crippen LogP contribution in [0.2, 0.25) is 0 Å². The average molecular weight is 215 g/mol. The van der Waals surface area contributed by atoms with Gasteiger partial charge in [-0.05, 0) is 19.2 Å². The van der Waals surface area contributed by atoms with Gasteiger partial charge in [-0.1, -0.05) is 13.0 Å². The van der Waals surface area contributed by atoms with Gasteiger partial charge in [0, 0.05) is 12.5 Å². The SMILES string of the molecule is CNCC(C)COc1c(F)cccc1F. The van der Waals surface area contributed by atoms with Crippen LogP contribution in [0, 0.1) is 17.6 Å². The minimum Gasteiger partial charge on any atom is -0.487 e. The molecule has 0 heterocycles. The summed E-state index contributed by atoms with van der Waals surface area (Å²) in [5.74, 6) is -1.41. The zero-order chi connectivity index (χ0) is 11.3. The maximum absolute atomic E-state index is 13.1. The minimum absolute atomic E-state index is 0.203. The van der Waals surface area contributed by atoms with Gasteiger partial charge in [-0.25, -0.2) is 8.78 Å². The van der Waals surface area contributed by atoms with E-state index in [-0.39, 0.29) is 11.7 Å². The fraction of sp³-hybridized carbons (Fsp3) is 0.455. The number of benzene rings is 1. The summed E-state index contributed by atoms with van der Waals surface area (Å²) in [6.07, 6.45) is 0. The fourth-order valence-electron chi connectivity index (χ4n) is 1.25. The summed E-state index contributed by atoms with van der Waals surface area (Å²) in [5.41, 5.74) is 0. The molecule has 84 valence electrons. The quantitative estimate of drug-likeness (QED) is 0.813. The maximum atomic E-state index is 13.1. The molecule has 0 bridgehead atoms. The number of hydrogen-bond acceptors (Lipinski definition) is 2. The second-order valence-electron chi connectivity index (χ2n) is 3.52. The van der Waals surface area contributed by atoms with Crippen LogP contribution in [0.5, 0.6) is 5.75 Å². The predicted octanol–water partition coefficient (Wildman–Crippen LogP) is 2.20. The Kier molecular flexibility index (Phi) is 4.49. The number of ether oxygens (including phenoxy) is 1. The van der Waals surface area contributed by atoms with Gasteiger partial charge in [-0.2, -0.15) is 0 Å². The normalized spacial score (nSPS) is 12.5. The van der Waals surface area contributed by atoms with Crippen LogP contribution in [-0.4, -0.2) is 20.2 Å². The molecule has 0 aromatic heterocycles. The van der Waals surface area contributed by atoms with E-state index in [9.17, 15) is 8.78 Å². The largest absolute Gasteiger partial charge is 0.487 e. The number of hydrogen-bond donors (Lipinski definition) is 1. The minimum atomic E-state index is -0.661. The lowest BCUT2D eigenvalue weighted by atomic mass is 10.2. The topological polar surface area (TPSA) is 21.3 Å². The predicted molar refractivity (Wildman–Crippen MR) is 54.9 cm³/mol. The lowest BCUT2D eigenvalue weighted by molar-refractivity contribution is 0.236. The van der Waals surface area contributed by atoms with E-state index in [1.807, 2.05) is 14.0 Å². The molecular formula is C11H15F2NO. The third kappa shape index (κ3) is 3.47. The molecule has 0 spiro atoms. The highest BCUT2D eigenvalue weighted by Crippen LogP contribution is 2.21. The first kappa shape index (κ1) is 11.9. The molecule has 1 rings (SSSR count). The Labute approximate surface area is 88.3 Å². The van der Waals surface area contributed by atoms with E-state index in [0.29, 0.717) is 6.61 Å². The van der Waals surface area contributed by atoms with E-state index >= 15 is 0 Å². The summed E-state index contributed by atoms with van der Waals surface area (Å²) in [6, 6.07) is 3.68. The molecular weight excluding hydrogens is 200 g/mol. The fourth-order valence-corrected chi connectivity index (χ4v) is 1.25. The van der Waals surface area contributed by atoms with E-state index < -0.39 is 11.6 Å². The van der Waals surface area contributed by atoms with Gasteiger partial charge >= 0.3 is 0 Å². The zero-order valence-corrected chi connectivity index (χ0v) is 8.89. The molecule has 0 saturated carbocycles. The van der Waals surface area contributed by atoms with Gasteiger partial charge in [0.1, 0.15) is 0 Å². The van der Waals surface area contributed by atoms with Crippen LogP contribution in [-0.2, 0) is 0 Å². The summed E-state index contributed by atoms with van der Waals surface area (Å²) in [5, 5.41) is 2.97. The van der Waals surface area contributed by atoms with Crippen LogP contribution in [0.4, 0.5) is 8.78 Å². The van der Waals surface area contributed by atoms with Gasteiger partial charge in [0.25, 0.3) is 0 Å². The second kappa shape index (κ2) is 5.66. The summed E-state index contributed by atoms with van der Waals surface area (Å²) < 4.78 is 31.3. The first-order valence-corrected chi connectivity index (χ1v) is 4.86. The second-order valence-corrected chi connectivity index (χ2v) is 3.52. The van der Waals surface area contributed by atoms with E-state index in [0.717, 1.165) is 6.54 Å². The molecule has 0 radical (unpaired) electrons. The molecule has 0 fully saturated rings. The van der Waals surface area contributed by atoms with Crippen molar-refractivity contribution < 1.29 is 13.5 Å². The van der Waals surface area contributed by atoms with Gasteiger partial charge in [0.15, 0.2) is 17.4 Å². The number of rotatable bonds is 5. The first-order chi connectivity index (χ1) is 7.15. The Morgan fingerprint density at radius 3 is 2.47 bits per heavy atom. The van der Waals surface area contributed by atoms with Crippen LogP contribution >= 0.6 is 0 Å². The highest BCUT2D eigenvalue weighted by atomic mass is 19.1. The van der Waals surface area contributed by atoms with Crippen molar-refractivity contribution in [3.8, 4) is 5.75 Å². The Morgan fingerprint density at radius 2 is 1.93 bits per heavy atom. The average Bonchev–Trinajstić information content (AvgIpc) is 2.17. The first-order valence-electron chi connectivity index (χ1n) is 4.86. The highest BCUT2D eigenvalue weighted by molar-refractivity contribution is 5.25. The summed E-state index contributed by atoms with van der Waals surface area (Å²) in [4.78, 5) is 0. The van der Waals surface area contributed by atoms with Crippen LogP contribution in [0.25, 0.3) is 0 Å². The Hall–Kier alpha value is -1.16. The molecule has 1 unspecified atom stereocenters. The number of para-hydroxylation sites is 1. The Morgan fingerprint density at radius 1 is 1.33 bits per heavy atom. The van der Waals surface area contributed by atoms with Crippen molar-refractivity contribution in [3.63, 3.8) is 0 Å². The number of nitrogens with one attached hydrogen (secondary N) is 1. The Balaban J connectivity index is 2.57. The smallest absolute Gasteiger partial charge is 0.190 e. The van der Waals surface area contributed by atoms with Gasteiger partial charge < -0.3 is 10.1 Å².